The topological polar surface area (TPSA) is 141 Å². The van der Waals surface area contributed by atoms with Crippen molar-refractivity contribution in [1.29, 1.82) is 0 Å². The number of nitrogens with one attached hydrogen (secondary N) is 1. The van der Waals surface area contributed by atoms with E-state index in [1.54, 1.807) is 36.4 Å². The minimum atomic E-state index is -3.95. The van der Waals surface area contributed by atoms with Gasteiger partial charge in [0, 0.05) is 11.4 Å². The van der Waals surface area contributed by atoms with Crippen LogP contribution in [0.4, 0.5) is 4.79 Å². The van der Waals surface area contributed by atoms with Crippen LogP contribution in [-0.4, -0.2) is 58.9 Å². The second kappa shape index (κ2) is 11.9. The maximum Gasteiger partial charge on any atom is 0.418 e. The second-order valence-corrected chi connectivity index (χ2v) is 10.2. The highest BCUT2D eigenvalue weighted by Gasteiger charge is 2.43. The summed E-state index contributed by atoms with van der Waals surface area (Å²) in [6.07, 6.45) is 0.453. The molecule has 0 aromatic heterocycles. The maximum absolute atomic E-state index is 13.1. The number of hydrogen-bond donors (Lipinski definition) is 1. The van der Waals surface area contributed by atoms with Gasteiger partial charge in [0.1, 0.15) is 0 Å². The molecule has 0 bridgehead atoms. The van der Waals surface area contributed by atoms with Crippen LogP contribution in [0.25, 0.3) is 0 Å². The Bertz CT molecular complexity index is 1450. The number of amides is 1. The highest BCUT2D eigenvalue weighted by atomic mass is 32.2. The predicted octanol–water partition coefficient (Wildman–Crippen LogP) is 3.37. The van der Waals surface area contributed by atoms with Crippen molar-refractivity contribution in [3.63, 3.8) is 0 Å². The number of hydrazone groups is 1. The molecule has 0 radical (unpaired) electrons. The second-order valence-electron chi connectivity index (χ2n) is 8.51. The van der Waals surface area contributed by atoms with Crippen molar-refractivity contribution in [2.45, 2.75) is 31.6 Å². The third kappa shape index (κ3) is 5.85. The molecule has 1 N–H and O–H groups in total. The molecule has 0 atom stereocenters. The molecule has 0 saturated heterocycles. The minimum Gasteiger partial charge on any atom is -0.466 e. The summed E-state index contributed by atoms with van der Waals surface area (Å²) in [4.78, 5) is 42.1. The van der Waals surface area contributed by atoms with Gasteiger partial charge in [-0.3, -0.25) is 4.90 Å². The molecule has 1 heterocycles. The molecular weight excluding hydrogens is 526 g/mol. The van der Waals surface area contributed by atoms with E-state index in [0.717, 1.165) is 10.5 Å². The molecule has 1 aliphatic rings. The number of hydrogen-bond acceptors (Lipinski definition) is 9. The number of carbonyl (C=O) groups excluding carboxylic acids is 3. The third-order valence-electron chi connectivity index (χ3n) is 6.21. The Hall–Kier alpha value is -4.45. The van der Waals surface area contributed by atoms with E-state index >= 15 is 0 Å². The van der Waals surface area contributed by atoms with Crippen molar-refractivity contribution in [3.05, 3.63) is 87.8 Å². The molecule has 0 saturated carbocycles. The first kappa shape index (κ1) is 29.1. The lowest BCUT2D eigenvalue weighted by molar-refractivity contribution is -0.137. The van der Waals surface area contributed by atoms with Gasteiger partial charge in [0.15, 0.2) is 0 Å². The molecular formula is C27H29N3O8S. The number of carbonyl (C=O) groups is 3. The Balaban J connectivity index is 2.16. The Kier molecular flexibility index (Phi) is 8.92. The SMILES string of the molecule is COC(=O)C1=C(C)N(C(=O)OC)C(C)=C(C(=O)OC)C1c1ccccc1/C=N/NS(=O)(=O)c1ccc(C)cc1. The fourth-order valence-electron chi connectivity index (χ4n) is 4.31. The van der Waals surface area contributed by atoms with Gasteiger partial charge in [0.25, 0.3) is 10.0 Å². The smallest absolute Gasteiger partial charge is 0.418 e. The summed E-state index contributed by atoms with van der Waals surface area (Å²) in [6.45, 7) is 4.90. The van der Waals surface area contributed by atoms with Gasteiger partial charge in [-0.25, -0.2) is 19.2 Å². The van der Waals surface area contributed by atoms with Crippen LogP contribution in [0.3, 0.4) is 0 Å². The first-order valence-electron chi connectivity index (χ1n) is 11.6. The van der Waals surface area contributed by atoms with Crippen molar-refractivity contribution < 1.29 is 37.0 Å². The lowest BCUT2D eigenvalue weighted by Gasteiger charge is -2.35. The number of aryl methyl sites for hydroxylation is 1. The van der Waals surface area contributed by atoms with Gasteiger partial charge in [-0.1, -0.05) is 42.0 Å². The van der Waals surface area contributed by atoms with E-state index in [1.165, 1.54) is 53.5 Å². The Labute approximate surface area is 226 Å². The zero-order valence-electron chi connectivity index (χ0n) is 22.3. The molecule has 2 aromatic rings. The fraction of sp³-hybridized carbons (Fsp3) is 0.259. The van der Waals surface area contributed by atoms with Crippen LogP contribution in [0.5, 0.6) is 0 Å². The molecule has 206 valence electrons. The highest BCUT2D eigenvalue weighted by Crippen LogP contribution is 2.43. The molecule has 1 amide bonds. The lowest BCUT2D eigenvalue weighted by atomic mass is 9.78. The van der Waals surface area contributed by atoms with Gasteiger partial charge in [-0.15, -0.1) is 0 Å². The lowest BCUT2D eigenvalue weighted by Crippen LogP contribution is -2.38. The molecule has 39 heavy (non-hydrogen) atoms. The summed E-state index contributed by atoms with van der Waals surface area (Å²) in [5.74, 6) is -2.61. The largest absolute Gasteiger partial charge is 0.466 e. The van der Waals surface area contributed by atoms with Gasteiger partial charge < -0.3 is 14.2 Å². The van der Waals surface area contributed by atoms with Crippen LogP contribution >= 0.6 is 0 Å². The molecule has 2 aromatic carbocycles. The monoisotopic (exact) mass is 555 g/mol. The average Bonchev–Trinajstić information content (AvgIpc) is 2.92. The van der Waals surface area contributed by atoms with Crippen molar-refractivity contribution in [2.75, 3.05) is 21.3 Å². The summed E-state index contributed by atoms with van der Waals surface area (Å²) in [6, 6.07) is 12.9. The number of sulfonamides is 1. The number of benzene rings is 2. The van der Waals surface area contributed by atoms with Crippen molar-refractivity contribution in [2.24, 2.45) is 5.10 Å². The zero-order chi connectivity index (χ0) is 28.9. The van der Waals surface area contributed by atoms with E-state index in [4.69, 9.17) is 14.2 Å². The predicted molar refractivity (Wildman–Crippen MR) is 142 cm³/mol. The fourth-order valence-corrected chi connectivity index (χ4v) is 5.10. The third-order valence-corrected chi connectivity index (χ3v) is 7.45. The van der Waals surface area contributed by atoms with E-state index in [-0.39, 0.29) is 27.4 Å². The van der Waals surface area contributed by atoms with Gasteiger partial charge in [0.2, 0.25) is 0 Å². The number of methoxy groups -OCH3 is 3. The molecule has 0 aliphatic carbocycles. The standard InChI is InChI=1S/C27H29N3O8S/c1-16-11-13-20(14-12-16)39(34,35)29-28-15-19-9-7-8-10-21(19)24-22(25(31)36-4)17(2)30(27(33)38-6)18(3)23(24)26(32)37-5/h7-15,24,29H,1-6H3/b28-15+. The number of allylic oxidation sites excluding steroid dienone is 2. The summed E-state index contributed by atoms with van der Waals surface area (Å²) in [5.41, 5.74) is 2.08. The van der Waals surface area contributed by atoms with Gasteiger partial charge in [0.05, 0.1) is 49.5 Å². The number of ether oxygens (including phenoxy) is 3. The van der Waals surface area contributed by atoms with E-state index in [9.17, 15) is 22.8 Å². The van der Waals surface area contributed by atoms with Gasteiger partial charge in [-0.2, -0.15) is 13.5 Å². The summed E-state index contributed by atoms with van der Waals surface area (Å²) in [5, 5.41) is 3.93. The first-order valence-corrected chi connectivity index (χ1v) is 13.1. The molecule has 12 heteroatoms. The zero-order valence-corrected chi connectivity index (χ0v) is 23.2. The summed E-state index contributed by atoms with van der Waals surface area (Å²) >= 11 is 0. The molecule has 0 unspecified atom stereocenters. The van der Waals surface area contributed by atoms with Crippen molar-refractivity contribution in [3.8, 4) is 0 Å². The quantitative estimate of drug-likeness (QED) is 0.237. The van der Waals surface area contributed by atoms with Crippen LogP contribution in [-0.2, 0) is 33.8 Å². The van der Waals surface area contributed by atoms with Crippen molar-refractivity contribution >= 4 is 34.3 Å². The summed E-state index contributed by atoms with van der Waals surface area (Å²) < 4.78 is 40.3. The van der Waals surface area contributed by atoms with E-state index in [1.807, 2.05) is 6.92 Å². The molecule has 1 aliphatic heterocycles. The molecule has 0 fully saturated rings. The van der Waals surface area contributed by atoms with Crippen molar-refractivity contribution in [1.82, 2.24) is 9.73 Å². The number of rotatable bonds is 7. The molecule has 0 spiro atoms. The average molecular weight is 556 g/mol. The Morgan fingerprint density at radius 2 is 1.38 bits per heavy atom. The Morgan fingerprint density at radius 3 is 1.90 bits per heavy atom. The maximum atomic E-state index is 13.1. The van der Waals surface area contributed by atoms with E-state index in [0.29, 0.717) is 11.1 Å². The van der Waals surface area contributed by atoms with Crippen LogP contribution in [0.1, 0.15) is 36.5 Å². The molecule has 11 nitrogen and oxygen atoms in total. The number of nitrogens with zero attached hydrogens (tertiary/aromatic N) is 2. The summed E-state index contributed by atoms with van der Waals surface area (Å²) in [7, 11) is -0.419. The van der Waals surface area contributed by atoms with Crippen LogP contribution in [0.2, 0.25) is 0 Å². The van der Waals surface area contributed by atoms with E-state index < -0.39 is 34.0 Å². The highest BCUT2D eigenvalue weighted by molar-refractivity contribution is 7.89. The normalized spacial score (nSPS) is 14.5. The van der Waals surface area contributed by atoms with E-state index in [2.05, 4.69) is 9.93 Å². The van der Waals surface area contributed by atoms with Crippen LogP contribution < -0.4 is 4.83 Å². The van der Waals surface area contributed by atoms with Gasteiger partial charge >= 0.3 is 18.0 Å². The van der Waals surface area contributed by atoms with Crippen LogP contribution in [0.15, 0.2) is 81.1 Å². The Morgan fingerprint density at radius 1 is 0.846 bits per heavy atom. The number of esters is 2. The van der Waals surface area contributed by atoms with Crippen LogP contribution in [0, 0.1) is 6.92 Å². The van der Waals surface area contributed by atoms with Gasteiger partial charge in [-0.05, 0) is 44.0 Å². The minimum absolute atomic E-state index is 0.00464. The molecule has 3 rings (SSSR count). The first-order chi connectivity index (χ1) is 18.5.